The number of halogens is 1. The van der Waals surface area contributed by atoms with Crippen LogP contribution in [0.25, 0.3) is 0 Å². The smallest absolute Gasteiger partial charge is 0.319 e. The Morgan fingerprint density at radius 2 is 1.57 bits per heavy atom. The highest BCUT2D eigenvalue weighted by Gasteiger charge is 2.02. The van der Waals surface area contributed by atoms with Crippen LogP contribution in [0, 0.1) is 5.82 Å². The van der Waals surface area contributed by atoms with Gasteiger partial charge < -0.3 is 10.6 Å². The van der Waals surface area contributed by atoms with Gasteiger partial charge in [0.2, 0.25) is 0 Å². The van der Waals surface area contributed by atoms with E-state index < -0.39 is 0 Å². The molecular formula is C19H23FN2O. The minimum Gasteiger partial charge on any atom is -0.338 e. The zero-order chi connectivity index (χ0) is 16.5. The molecule has 0 aliphatic rings. The summed E-state index contributed by atoms with van der Waals surface area (Å²) in [5, 5.41) is 5.61. The number of unbranched alkanes of at least 4 members (excludes halogenated alkanes) is 1. The first-order chi connectivity index (χ1) is 11.2. The number of hydrogen-bond donors (Lipinski definition) is 2. The molecule has 0 unspecified atom stereocenters. The van der Waals surface area contributed by atoms with Crippen molar-refractivity contribution in [1.29, 1.82) is 0 Å². The molecule has 2 rings (SSSR count). The van der Waals surface area contributed by atoms with E-state index in [2.05, 4.69) is 17.6 Å². The third-order valence-electron chi connectivity index (χ3n) is 3.64. The highest BCUT2D eigenvalue weighted by molar-refractivity contribution is 5.89. The van der Waals surface area contributed by atoms with E-state index in [1.165, 1.54) is 30.5 Å². The number of carbonyl (C=O) groups excluding carboxylic acids is 1. The molecule has 23 heavy (non-hydrogen) atoms. The van der Waals surface area contributed by atoms with E-state index in [1.54, 1.807) is 12.1 Å². The van der Waals surface area contributed by atoms with Crippen LogP contribution in [0.2, 0.25) is 0 Å². The maximum absolute atomic E-state index is 12.8. The molecule has 0 fully saturated rings. The number of amides is 2. The second-order valence-corrected chi connectivity index (χ2v) is 5.56. The first kappa shape index (κ1) is 17.0. The highest BCUT2D eigenvalue weighted by atomic mass is 19.1. The lowest BCUT2D eigenvalue weighted by Crippen LogP contribution is -2.30. The lowest BCUT2D eigenvalue weighted by molar-refractivity contribution is 0.252. The van der Waals surface area contributed by atoms with Crippen LogP contribution >= 0.6 is 0 Å². The summed E-state index contributed by atoms with van der Waals surface area (Å²) in [5.41, 5.74) is 3.06. The molecule has 0 saturated heterocycles. The summed E-state index contributed by atoms with van der Waals surface area (Å²) < 4.78 is 12.8. The van der Waals surface area contributed by atoms with Gasteiger partial charge in [-0.25, -0.2) is 9.18 Å². The van der Waals surface area contributed by atoms with Crippen molar-refractivity contribution in [3.05, 3.63) is 65.5 Å². The van der Waals surface area contributed by atoms with Crippen LogP contribution < -0.4 is 10.6 Å². The number of urea groups is 1. The Hall–Kier alpha value is -2.36. The molecular weight excluding hydrogens is 291 g/mol. The van der Waals surface area contributed by atoms with Crippen LogP contribution in [0.5, 0.6) is 0 Å². The van der Waals surface area contributed by atoms with E-state index in [-0.39, 0.29) is 11.8 Å². The van der Waals surface area contributed by atoms with E-state index in [0.29, 0.717) is 13.0 Å². The topological polar surface area (TPSA) is 41.1 Å². The number of benzene rings is 2. The maximum Gasteiger partial charge on any atom is 0.319 e. The van der Waals surface area contributed by atoms with Gasteiger partial charge in [0.25, 0.3) is 0 Å². The fraction of sp³-hybridized carbons (Fsp3) is 0.316. The van der Waals surface area contributed by atoms with Crippen LogP contribution in [-0.2, 0) is 12.8 Å². The first-order valence-electron chi connectivity index (χ1n) is 8.05. The predicted molar refractivity (Wildman–Crippen MR) is 92.2 cm³/mol. The van der Waals surface area contributed by atoms with Gasteiger partial charge in [0.05, 0.1) is 0 Å². The Kier molecular flexibility index (Phi) is 6.60. The van der Waals surface area contributed by atoms with Gasteiger partial charge >= 0.3 is 6.03 Å². The average molecular weight is 314 g/mol. The van der Waals surface area contributed by atoms with Gasteiger partial charge in [0.1, 0.15) is 5.82 Å². The zero-order valence-corrected chi connectivity index (χ0v) is 13.4. The summed E-state index contributed by atoms with van der Waals surface area (Å²) in [7, 11) is 0. The molecule has 0 spiro atoms. The number of anilines is 1. The number of hydrogen-bond acceptors (Lipinski definition) is 1. The van der Waals surface area contributed by atoms with Crippen LogP contribution in [0.15, 0.2) is 48.5 Å². The van der Waals surface area contributed by atoms with Crippen molar-refractivity contribution < 1.29 is 9.18 Å². The number of aryl methyl sites for hydroxylation is 1. The standard InChI is InChI=1S/C19H23FN2O/c1-2-3-4-15-7-11-18(12-8-15)22-19(23)21-14-13-16-5-9-17(20)10-6-16/h5-12H,2-4,13-14H2,1H3,(H2,21,22,23). The van der Waals surface area contributed by atoms with E-state index in [1.807, 2.05) is 24.3 Å². The average Bonchev–Trinajstić information content (AvgIpc) is 2.56. The molecule has 0 saturated carbocycles. The number of nitrogens with one attached hydrogen (secondary N) is 2. The fourth-order valence-corrected chi connectivity index (χ4v) is 2.28. The zero-order valence-electron chi connectivity index (χ0n) is 13.4. The quantitative estimate of drug-likeness (QED) is 0.774. The first-order valence-corrected chi connectivity index (χ1v) is 8.05. The largest absolute Gasteiger partial charge is 0.338 e. The Labute approximate surface area is 136 Å². The van der Waals surface area contributed by atoms with E-state index in [4.69, 9.17) is 0 Å². The molecule has 2 N–H and O–H groups in total. The monoisotopic (exact) mass is 314 g/mol. The number of carbonyl (C=O) groups is 1. The van der Waals surface area contributed by atoms with Crippen molar-refractivity contribution in [3.8, 4) is 0 Å². The van der Waals surface area contributed by atoms with Gasteiger partial charge in [-0.1, -0.05) is 37.6 Å². The third-order valence-corrected chi connectivity index (χ3v) is 3.64. The normalized spacial score (nSPS) is 10.3. The van der Waals surface area contributed by atoms with E-state index in [0.717, 1.165) is 17.7 Å². The second-order valence-electron chi connectivity index (χ2n) is 5.56. The van der Waals surface area contributed by atoms with Gasteiger partial charge in [-0.3, -0.25) is 0 Å². The molecule has 0 bridgehead atoms. The Bertz CT molecular complexity index is 608. The van der Waals surface area contributed by atoms with Crippen LogP contribution in [0.3, 0.4) is 0 Å². The fourth-order valence-electron chi connectivity index (χ4n) is 2.28. The SMILES string of the molecule is CCCCc1ccc(NC(=O)NCCc2ccc(F)cc2)cc1. The van der Waals surface area contributed by atoms with Crippen molar-refractivity contribution in [2.45, 2.75) is 32.6 Å². The minimum atomic E-state index is -0.248. The molecule has 0 atom stereocenters. The summed E-state index contributed by atoms with van der Waals surface area (Å²) in [6, 6.07) is 14.0. The predicted octanol–water partition coefficient (Wildman–Crippen LogP) is 4.53. The lowest BCUT2D eigenvalue weighted by Gasteiger charge is -2.08. The minimum absolute atomic E-state index is 0.228. The lowest BCUT2D eigenvalue weighted by atomic mass is 10.1. The van der Waals surface area contributed by atoms with Gasteiger partial charge in [-0.05, 0) is 54.7 Å². The molecule has 2 amide bonds. The molecule has 0 aliphatic heterocycles. The van der Waals surface area contributed by atoms with Crippen molar-refractivity contribution >= 4 is 11.7 Å². The molecule has 0 heterocycles. The molecule has 2 aromatic rings. The molecule has 3 nitrogen and oxygen atoms in total. The van der Waals surface area contributed by atoms with Crippen molar-refractivity contribution in [1.82, 2.24) is 5.32 Å². The summed E-state index contributed by atoms with van der Waals surface area (Å²) in [6.45, 7) is 2.68. The van der Waals surface area contributed by atoms with Crippen molar-refractivity contribution in [2.24, 2.45) is 0 Å². The summed E-state index contributed by atoms with van der Waals surface area (Å²) in [5.74, 6) is -0.248. The molecule has 4 heteroatoms. The van der Waals surface area contributed by atoms with E-state index >= 15 is 0 Å². The van der Waals surface area contributed by atoms with Crippen LogP contribution in [0.4, 0.5) is 14.9 Å². The maximum atomic E-state index is 12.8. The van der Waals surface area contributed by atoms with Gasteiger partial charge in [-0.15, -0.1) is 0 Å². The Morgan fingerprint density at radius 3 is 2.22 bits per heavy atom. The third kappa shape index (κ3) is 6.10. The molecule has 122 valence electrons. The van der Waals surface area contributed by atoms with Gasteiger partial charge in [-0.2, -0.15) is 0 Å². The van der Waals surface area contributed by atoms with Gasteiger partial charge in [0, 0.05) is 12.2 Å². The Morgan fingerprint density at radius 1 is 0.957 bits per heavy atom. The highest BCUT2D eigenvalue weighted by Crippen LogP contribution is 2.11. The van der Waals surface area contributed by atoms with Gasteiger partial charge in [0.15, 0.2) is 0 Å². The van der Waals surface area contributed by atoms with Crippen molar-refractivity contribution in [3.63, 3.8) is 0 Å². The summed E-state index contributed by atoms with van der Waals surface area (Å²) in [4.78, 5) is 11.8. The molecule has 0 aliphatic carbocycles. The number of rotatable bonds is 7. The summed E-state index contributed by atoms with van der Waals surface area (Å²) >= 11 is 0. The van der Waals surface area contributed by atoms with Crippen LogP contribution in [0.1, 0.15) is 30.9 Å². The molecule has 0 aromatic heterocycles. The Balaban J connectivity index is 1.72. The van der Waals surface area contributed by atoms with E-state index in [9.17, 15) is 9.18 Å². The molecule has 2 aromatic carbocycles. The molecule has 0 radical (unpaired) electrons. The van der Waals surface area contributed by atoms with Crippen LogP contribution in [-0.4, -0.2) is 12.6 Å². The van der Waals surface area contributed by atoms with Crippen molar-refractivity contribution in [2.75, 3.05) is 11.9 Å². The second kappa shape index (κ2) is 8.93. The summed E-state index contributed by atoms with van der Waals surface area (Å²) in [6.07, 6.45) is 4.09.